The highest BCUT2D eigenvalue weighted by molar-refractivity contribution is 5.74. The minimum atomic E-state index is 0.393. The second-order valence-corrected chi connectivity index (χ2v) is 6.33. The summed E-state index contributed by atoms with van der Waals surface area (Å²) in [6, 6.07) is 20.7. The van der Waals surface area contributed by atoms with Crippen molar-refractivity contribution in [1.29, 1.82) is 0 Å². The van der Waals surface area contributed by atoms with Gasteiger partial charge in [-0.15, -0.1) is 0 Å². The van der Waals surface area contributed by atoms with Crippen molar-refractivity contribution in [2.75, 3.05) is 36.8 Å². The maximum atomic E-state index is 6.02. The normalized spacial score (nSPS) is 15.4. The van der Waals surface area contributed by atoms with E-state index in [0.717, 1.165) is 49.5 Å². The van der Waals surface area contributed by atoms with E-state index in [0.29, 0.717) is 5.88 Å². The zero-order chi connectivity index (χ0) is 17.1. The number of benzene rings is 2. The summed E-state index contributed by atoms with van der Waals surface area (Å²) < 4.78 is 5.27. The molecule has 0 bridgehead atoms. The van der Waals surface area contributed by atoms with Gasteiger partial charge in [0.05, 0.1) is 5.56 Å². The Labute approximate surface area is 147 Å². The fourth-order valence-corrected chi connectivity index (χ4v) is 3.37. The van der Waals surface area contributed by atoms with Gasteiger partial charge < -0.3 is 15.2 Å². The molecule has 5 heteroatoms. The number of nitrogens with zero attached hydrogens (tertiary/aromatic N) is 3. The first-order chi connectivity index (χ1) is 12.3. The lowest BCUT2D eigenvalue weighted by Gasteiger charge is -2.35. The molecular weight excluding hydrogens is 312 g/mol. The molecule has 0 aliphatic carbocycles. The Morgan fingerprint density at radius 1 is 0.880 bits per heavy atom. The SMILES string of the molecule is Nc1onc(CN2CCN(c3ccccc3)CC2)c1-c1ccccc1. The van der Waals surface area contributed by atoms with E-state index < -0.39 is 0 Å². The van der Waals surface area contributed by atoms with Gasteiger partial charge in [-0.3, -0.25) is 4.90 Å². The van der Waals surface area contributed by atoms with Gasteiger partial charge in [0.2, 0.25) is 5.88 Å². The van der Waals surface area contributed by atoms with Crippen molar-refractivity contribution >= 4 is 11.6 Å². The molecule has 1 aromatic heterocycles. The largest absolute Gasteiger partial charge is 0.369 e. The summed E-state index contributed by atoms with van der Waals surface area (Å²) in [7, 11) is 0. The van der Waals surface area contributed by atoms with Crippen LogP contribution in [0.15, 0.2) is 65.2 Å². The molecule has 0 atom stereocenters. The van der Waals surface area contributed by atoms with Crippen LogP contribution in [-0.4, -0.2) is 36.2 Å². The zero-order valence-corrected chi connectivity index (χ0v) is 14.1. The molecule has 0 unspecified atom stereocenters. The van der Waals surface area contributed by atoms with E-state index in [4.69, 9.17) is 10.3 Å². The minimum Gasteiger partial charge on any atom is -0.369 e. The quantitative estimate of drug-likeness (QED) is 0.794. The summed E-state index contributed by atoms with van der Waals surface area (Å²) in [5, 5.41) is 4.21. The molecule has 128 valence electrons. The van der Waals surface area contributed by atoms with Crippen molar-refractivity contribution in [3.63, 3.8) is 0 Å². The van der Waals surface area contributed by atoms with Crippen LogP contribution in [0.4, 0.5) is 11.6 Å². The van der Waals surface area contributed by atoms with Gasteiger partial charge in [0.25, 0.3) is 0 Å². The van der Waals surface area contributed by atoms with Crippen molar-refractivity contribution in [2.24, 2.45) is 0 Å². The molecule has 5 nitrogen and oxygen atoms in total. The summed E-state index contributed by atoms with van der Waals surface area (Å²) in [4.78, 5) is 4.83. The molecule has 3 aromatic rings. The molecule has 0 amide bonds. The first kappa shape index (κ1) is 15.7. The van der Waals surface area contributed by atoms with Crippen molar-refractivity contribution in [3.05, 3.63) is 66.4 Å². The van der Waals surface area contributed by atoms with Crippen LogP contribution in [0.2, 0.25) is 0 Å². The topological polar surface area (TPSA) is 58.5 Å². The third-order valence-corrected chi connectivity index (χ3v) is 4.72. The molecule has 1 fully saturated rings. The highest BCUT2D eigenvalue weighted by Gasteiger charge is 2.22. The number of para-hydroxylation sites is 1. The summed E-state index contributed by atoms with van der Waals surface area (Å²) >= 11 is 0. The maximum Gasteiger partial charge on any atom is 0.230 e. The number of hydrogen-bond acceptors (Lipinski definition) is 5. The summed E-state index contributed by atoms with van der Waals surface area (Å²) in [5.41, 5.74) is 10.2. The lowest BCUT2D eigenvalue weighted by molar-refractivity contribution is 0.242. The van der Waals surface area contributed by atoms with Crippen LogP contribution in [0.1, 0.15) is 5.69 Å². The predicted octanol–water partition coefficient (Wildman–Crippen LogP) is 3.25. The highest BCUT2D eigenvalue weighted by Crippen LogP contribution is 2.30. The second-order valence-electron chi connectivity index (χ2n) is 6.33. The third-order valence-electron chi connectivity index (χ3n) is 4.72. The molecule has 2 aromatic carbocycles. The van der Waals surface area contributed by atoms with E-state index >= 15 is 0 Å². The van der Waals surface area contributed by atoms with Crippen LogP contribution in [0.3, 0.4) is 0 Å². The Balaban J connectivity index is 1.45. The van der Waals surface area contributed by atoms with Crippen LogP contribution in [-0.2, 0) is 6.54 Å². The fraction of sp³-hybridized carbons (Fsp3) is 0.250. The third kappa shape index (κ3) is 3.37. The van der Waals surface area contributed by atoms with Crippen molar-refractivity contribution in [2.45, 2.75) is 6.54 Å². The van der Waals surface area contributed by atoms with Crippen molar-refractivity contribution in [1.82, 2.24) is 10.1 Å². The van der Waals surface area contributed by atoms with Gasteiger partial charge >= 0.3 is 0 Å². The van der Waals surface area contributed by atoms with E-state index in [1.54, 1.807) is 0 Å². The Kier molecular flexibility index (Phi) is 4.39. The average molecular weight is 334 g/mol. The maximum absolute atomic E-state index is 6.02. The van der Waals surface area contributed by atoms with Gasteiger partial charge in [-0.05, 0) is 17.7 Å². The van der Waals surface area contributed by atoms with E-state index in [9.17, 15) is 0 Å². The Bertz CT molecular complexity index is 808. The van der Waals surface area contributed by atoms with E-state index in [1.165, 1.54) is 5.69 Å². The van der Waals surface area contributed by atoms with Crippen LogP contribution < -0.4 is 10.6 Å². The Morgan fingerprint density at radius 2 is 1.52 bits per heavy atom. The molecule has 1 saturated heterocycles. The molecule has 1 aliphatic rings. The second kappa shape index (κ2) is 6.99. The highest BCUT2D eigenvalue weighted by atomic mass is 16.5. The van der Waals surface area contributed by atoms with E-state index in [2.05, 4.69) is 45.3 Å². The van der Waals surface area contributed by atoms with Gasteiger partial charge in [0.1, 0.15) is 5.69 Å². The van der Waals surface area contributed by atoms with Gasteiger partial charge in [-0.1, -0.05) is 53.7 Å². The van der Waals surface area contributed by atoms with Gasteiger partial charge in [0, 0.05) is 38.4 Å². The number of aromatic nitrogens is 1. The molecular formula is C20H22N4O. The zero-order valence-electron chi connectivity index (χ0n) is 14.1. The fourth-order valence-electron chi connectivity index (χ4n) is 3.37. The Morgan fingerprint density at radius 3 is 2.20 bits per heavy atom. The van der Waals surface area contributed by atoms with Gasteiger partial charge in [0.15, 0.2) is 0 Å². The van der Waals surface area contributed by atoms with Gasteiger partial charge in [-0.25, -0.2) is 0 Å². The van der Waals surface area contributed by atoms with Crippen LogP contribution in [0.25, 0.3) is 11.1 Å². The minimum absolute atomic E-state index is 0.393. The molecule has 0 saturated carbocycles. The van der Waals surface area contributed by atoms with Crippen LogP contribution in [0.5, 0.6) is 0 Å². The standard InChI is InChI=1S/C20H22N4O/c21-20-19(16-7-3-1-4-8-16)18(22-25-20)15-23-11-13-24(14-12-23)17-9-5-2-6-10-17/h1-10H,11-15,21H2. The number of piperazine rings is 1. The smallest absolute Gasteiger partial charge is 0.230 e. The average Bonchev–Trinajstić information content (AvgIpc) is 3.04. The number of nitrogen functional groups attached to an aromatic ring is 1. The van der Waals surface area contributed by atoms with Crippen molar-refractivity contribution < 1.29 is 4.52 Å². The van der Waals surface area contributed by atoms with Crippen LogP contribution in [0, 0.1) is 0 Å². The molecule has 0 spiro atoms. The van der Waals surface area contributed by atoms with E-state index in [1.807, 2.05) is 30.3 Å². The van der Waals surface area contributed by atoms with E-state index in [-0.39, 0.29) is 0 Å². The summed E-state index contributed by atoms with van der Waals surface area (Å²) in [5.74, 6) is 0.393. The Hall–Kier alpha value is -2.79. The van der Waals surface area contributed by atoms with Crippen molar-refractivity contribution in [3.8, 4) is 11.1 Å². The number of anilines is 2. The van der Waals surface area contributed by atoms with Crippen LogP contribution >= 0.6 is 0 Å². The number of rotatable bonds is 4. The monoisotopic (exact) mass is 334 g/mol. The lowest BCUT2D eigenvalue weighted by atomic mass is 10.1. The summed E-state index contributed by atoms with van der Waals surface area (Å²) in [6.07, 6.45) is 0. The molecule has 2 N–H and O–H groups in total. The lowest BCUT2D eigenvalue weighted by Crippen LogP contribution is -2.46. The molecule has 0 radical (unpaired) electrons. The summed E-state index contributed by atoms with van der Waals surface area (Å²) in [6.45, 7) is 4.77. The first-order valence-corrected chi connectivity index (χ1v) is 8.63. The molecule has 2 heterocycles. The first-order valence-electron chi connectivity index (χ1n) is 8.63. The van der Waals surface area contributed by atoms with Gasteiger partial charge in [-0.2, -0.15) is 0 Å². The molecule has 1 aliphatic heterocycles. The molecule has 4 rings (SSSR count). The molecule has 25 heavy (non-hydrogen) atoms. The number of nitrogens with two attached hydrogens (primary N) is 1. The predicted molar refractivity (Wildman–Crippen MR) is 100 cm³/mol. The number of hydrogen-bond donors (Lipinski definition) is 1.